The molecule has 3 N–H and O–H groups in total. The summed E-state index contributed by atoms with van der Waals surface area (Å²) >= 11 is 0. The molecular formula is C21H25FN8O. The van der Waals surface area contributed by atoms with Crippen LogP contribution in [-0.4, -0.2) is 46.0 Å². The SMILES string of the molecule is Cc1nc(N[C@H]2C[C@@H](Nc3ncc(C#N)cc3F)C2)nc2c1NC(=O)C(C(C)C)N2C. The van der Waals surface area contributed by atoms with E-state index in [9.17, 15) is 9.18 Å². The summed E-state index contributed by atoms with van der Waals surface area (Å²) in [5.41, 5.74) is 1.54. The van der Waals surface area contributed by atoms with Crippen LogP contribution in [-0.2, 0) is 4.79 Å². The zero-order valence-electron chi connectivity index (χ0n) is 17.9. The molecule has 0 bridgehead atoms. The number of anilines is 4. The predicted octanol–water partition coefficient (Wildman–Crippen LogP) is 2.66. The molecule has 0 aromatic carbocycles. The molecule has 1 atom stereocenters. The Morgan fingerprint density at radius 3 is 2.65 bits per heavy atom. The van der Waals surface area contributed by atoms with Gasteiger partial charge in [0.2, 0.25) is 11.9 Å². The molecule has 0 spiro atoms. The summed E-state index contributed by atoms with van der Waals surface area (Å²) in [6, 6.07) is 2.96. The largest absolute Gasteiger partial charge is 0.365 e. The van der Waals surface area contributed by atoms with E-state index in [-0.39, 0.29) is 41.3 Å². The third-order valence-corrected chi connectivity index (χ3v) is 5.75. The van der Waals surface area contributed by atoms with Gasteiger partial charge in [-0.25, -0.2) is 14.4 Å². The zero-order valence-corrected chi connectivity index (χ0v) is 17.9. The first-order valence-electron chi connectivity index (χ1n) is 10.3. The highest BCUT2D eigenvalue weighted by Crippen LogP contribution is 2.35. The molecule has 0 saturated heterocycles. The lowest BCUT2D eigenvalue weighted by Crippen LogP contribution is -2.50. The second-order valence-corrected chi connectivity index (χ2v) is 8.44. The van der Waals surface area contributed by atoms with Gasteiger partial charge >= 0.3 is 0 Å². The number of carbonyl (C=O) groups is 1. The van der Waals surface area contributed by atoms with Gasteiger partial charge < -0.3 is 20.9 Å². The Morgan fingerprint density at radius 2 is 2.00 bits per heavy atom. The van der Waals surface area contributed by atoms with Crippen molar-refractivity contribution in [1.29, 1.82) is 5.26 Å². The van der Waals surface area contributed by atoms with Crippen molar-refractivity contribution in [2.45, 2.75) is 51.7 Å². The number of amides is 1. The maximum absolute atomic E-state index is 14.0. The van der Waals surface area contributed by atoms with E-state index >= 15 is 0 Å². The van der Waals surface area contributed by atoms with Crippen LogP contribution in [0.2, 0.25) is 0 Å². The summed E-state index contributed by atoms with van der Waals surface area (Å²) in [5.74, 6) is 0.918. The van der Waals surface area contributed by atoms with Gasteiger partial charge in [0, 0.05) is 25.3 Å². The normalized spacial score (nSPS) is 22.3. The van der Waals surface area contributed by atoms with Crippen molar-refractivity contribution in [3.8, 4) is 6.07 Å². The number of likely N-dealkylation sites (N-methyl/N-ethyl adjacent to an activating group) is 1. The molecule has 31 heavy (non-hydrogen) atoms. The number of nitrogens with zero attached hydrogens (tertiary/aromatic N) is 5. The molecule has 4 rings (SSSR count). The lowest BCUT2D eigenvalue weighted by atomic mass is 9.87. The van der Waals surface area contributed by atoms with Crippen LogP contribution in [0.25, 0.3) is 0 Å². The molecule has 2 aromatic rings. The van der Waals surface area contributed by atoms with E-state index in [0.717, 1.165) is 12.8 Å². The third kappa shape index (κ3) is 3.95. The number of rotatable bonds is 5. The van der Waals surface area contributed by atoms with Crippen LogP contribution in [0.1, 0.15) is 37.9 Å². The maximum atomic E-state index is 14.0. The topological polar surface area (TPSA) is 119 Å². The molecule has 10 heteroatoms. The second-order valence-electron chi connectivity index (χ2n) is 8.44. The van der Waals surface area contributed by atoms with Crippen LogP contribution in [0.4, 0.5) is 27.7 Å². The van der Waals surface area contributed by atoms with Gasteiger partial charge in [-0.15, -0.1) is 0 Å². The Hall–Kier alpha value is -3.48. The Labute approximate surface area is 180 Å². The molecule has 2 aliphatic rings. The van der Waals surface area contributed by atoms with Crippen LogP contribution < -0.4 is 20.9 Å². The van der Waals surface area contributed by atoms with Crippen LogP contribution in [0, 0.1) is 30.0 Å². The summed E-state index contributed by atoms with van der Waals surface area (Å²) in [4.78, 5) is 27.5. The smallest absolute Gasteiger partial charge is 0.247 e. The van der Waals surface area contributed by atoms with Gasteiger partial charge in [0.15, 0.2) is 17.5 Å². The first-order chi connectivity index (χ1) is 14.8. The number of hydrogen-bond donors (Lipinski definition) is 3. The Kier molecular flexibility index (Phi) is 5.35. The predicted molar refractivity (Wildman–Crippen MR) is 115 cm³/mol. The Balaban J connectivity index is 1.41. The number of aromatic nitrogens is 3. The van der Waals surface area contributed by atoms with Crippen molar-refractivity contribution >= 4 is 29.2 Å². The molecule has 2 aromatic heterocycles. The number of pyridine rings is 1. The molecule has 1 amide bonds. The standard InChI is InChI=1S/C21H25FN8O/c1-10(2)17-20(31)28-16-11(3)25-21(29-19(16)30(17)4)27-14-6-13(7-14)26-18-15(22)5-12(8-23)9-24-18/h5,9-10,13-14,17H,6-7H2,1-4H3,(H,24,26)(H,28,31)(H,25,27,29)/t13-,14+,17?. The van der Waals surface area contributed by atoms with Crippen molar-refractivity contribution in [2.75, 3.05) is 27.9 Å². The summed E-state index contributed by atoms with van der Waals surface area (Å²) in [7, 11) is 1.88. The first-order valence-corrected chi connectivity index (χ1v) is 10.3. The summed E-state index contributed by atoms with van der Waals surface area (Å²) in [6.45, 7) is 5.86. The Morgan fingerprint density at radius 1 is 1.29 bits per heavy atom. The summed E-state index contributed by atoms with van der Waals surface area (Å²) < 4.78 is 14.0. The van der Waals surface area contributed by atoms with E-state index in [4.69, 9.17) is 5.26 Å². The fourth-order valence-corrected chi connectivity index (χ4v) is 4.11. The number of nitrogens with one attached hydrogen (secondary N) is 3. The number of hydrogen-bond acceptors (Lipinski definition) is 8. The average molecular weight is 424 g/mol. The lowest BCUT2D eigenvalue weighted by Gasteiger charge is -2.38. The van der Waals surface area contributed by atoms with E-state index in [1.165, 1.54) is 12.3 Å². The number of fused-ring (bicyclic) bond motifs is 1. The van der Waals surface area contributed by atoms with Crippen LogP contribution in [0.15, 0.2) is 12.3 Å². The van der Waals surface area contributed by atoms with E-state index in [0.29, 0.717) is 23.1 Å². The highest BCUT2D eigenvalue weighted by molar-refractivity contribution is 6.03. The molecule has 162 valence electrons. The molecule has 1 fully saturated rings. The monoisotopic (exact) mass is 424 g/mol. The van der Waals surface area contributed by atoms with Gasteiger partial charge in [-0.05, 0) is 31.7 Å². The van der Waals surface area contributed by atoms with E-state index < -0.39 is 5.82 Å². The van der Waals surface area contributed by atoms with Gasteiger partial charge in [0.25, 0.3) is 0 Å². The van der Waals surface area contributed by atoms with Crippen molar-refractivity contribution in [1.82, 2.24) is 15.0 Å². The van der Waals surface area contributed by atoms with E-state index in [2.05, 4.69) is 30.9 Å². The molecule has 1 unspecified atom stereocenters. The molecule has 9 nitrogen and oxygen atoms in total. The quantitative estimate of drug-likeness (QED) is 0.670. The molecule has 1 saturated carbocycles. The minimum absolute atomic E-state index is 0.0473. The molecule has 1 aliphatic carbocycles. The first kappa shape index (κ1) is 20.8. The molecule has 3 heterocycles. The van der Waals surface area contributed by atoms with Crippen LogP contribution >= 0.6 is 0 Å². The van der Waals surface area contributed by atoms with Crippen molar-refractivity contribution in [2.24, 2.45) is 5.92 Å². The second kappa shape index (κ2) is 7.98. The number of carbonyl (C=O) groups excluding carboxylic acids is 1. The van der Waals surface area contributed by atoms with E-state index in [1.54, 1.807) is 0 Å². The van der Waals surface area contributed by atoms with Gasteiger partial charge in [0.1, 0.15) is 17.8 Å². The number of nitriles is 1. The van der Waals surface area contributed by atoms with Crippen LogP contribution in [0.5, 0.6) is 0 Å². The van der Waals surface area contributed by atoms with Gasteiger partial charge in [-0.1, -0.05) is 13.8 Å². The molecular weight excluding hydrogens is 399 g/mol. The van der Waals surface area contributed by atoms with Gasteiger partial charge in [0.05, 0.1) is 11.3 Å². The number of halogens is 1. The van der Waals surface area contributed by atoms with Gasteiger partial charge in [-0.3, -0.25) is 4.79 Å². The van der Waals surface area contributed by atoms with Gasteiger partial charge in [-0.2, -0.15) is 10.2 Å². The highest BCUT2D eigenvalue weighted by Gasteiger charge is 2.36. The van der Waals surface area contributed by atoms with Crippen molar-refractivity contribution < 1.29 is 9.18 Å². The highest BCUT2D eigenvalue weighted by atomic mass is 19.1. The zero-order chi connectivity index (χ0) is 22.3. The minimum atomic E-state index is -0.533. The lowest BCUT2D eigenvalue weighted by molar-refractivity contribution is -0.118. The van der Waals surface area contributed by atoms with E-state index in [1.807, 2.05) is 38.8 Å². The average Bonchev–Trinajstić information content (AvgIpc) is 2.68. The molecule has 0 radical (unpaired) electrons. The maximum Gasteiger partial charge on any atom is 0.247 e. The van der Waals surface area contributed by atoms with Crippen LogP contribution in [0.3, 0.4) is 0 Å². The summed E-state index contributed by atoms with van der Waals surface area (Å²) in [6.07, 6.45) is 2.85. The number of aryl methyl sites for hydroxylation is 1. The molecule has 1 aliphatic heterocycles. The van der Waals surface area contributed by atoms with Crippen molar-refractivity contribution in [3.63, 3.8) is 0 Å². The Bertz CT molecular complexity index is 1060. The fraction of sp³-hybridized carbons (Fsp3) is 0.476. The minimum Gasteiger partial charge on any atom is -0.365 e. The summed E-state index contributed by atoms with van der Waals surface area (Å²) in [5, 5.41) is 18.2. The van der Waals surface area contributed by atoms with Crippen molar-refractivity contribution in [3.05, 3.63) is 29.3 Å². The third-order valence-electron chi connectivity index (χ3n) is 5.75. The fourth-order valence-electron chi connectivity index (χ4n) is 4.11.